The number of methoxy groups -OCH3 is 1. The Hall–Kier alpha value is -3.25. The first-order valence-electron chi connectivity index (χ1n) is 9.98. The van der Waals surface area contributed by atoms with Crippen molar-refractivity contribution in [3.63, 3.8) is 0 Å². The van der Waals surface area contributed by atoms with Crippen LogP contribution in [0, 0.1) is 0 Å². The number of aryl methyl sites for hydroxylation is 1. The lowest BCUT2D eigenvalue weighted by atomic mass is 10.0. The van der Waals surface area contributed by atoms with E-state index in [1.165, 1.54) is 0 Å². The van der Waals surface area contributed by atoms with E-state index in [9.17, 15) is 9.59 Å². The molecule has 0 aliphatic heterocycles. The van der Waals surface area contributed by atoms with Crippen LogP contribution in [0.25, 0.3) is 11.3 Å². The molecule has 160 valence electrons. The highest BCUT2D eigenvalue weighted by Crippen LogP contribution is 2.30. The smallest absolute Gasteiger partial charge is 0.226 e. The van der Waals surface area contributed by atoms with Gasteiger partial charge < -0.3 is 9.64 Å². The molecule has 0 fully saturated rings. The van der Waals surface area contributed by atoms with Crippen LogP contribution in [-0.2, 0) is 11.2 Å². The van der Waals surface area contributed by atoms with Crippen LogP contribution in [0.15, 0.2) is 54.9 Å². The molecule has 2 heterocycles. The number of ether oxygens (including phenoxy) is 1. The van der Waals surface area contributed by atoms with Crippen molar-refractivity contribution < 1.29 is 14.3 Å². The Bertz CT molecular complexity index is 1080. The first kappa shape index (κ1) is 22.4. The Balaban J connectivity index is 1.71. The summed E-state index contributed by atoms with van der Waals surface area (Å²) >= 11 is 6.44. The van der Waals surface area contributed by atoms with E-state index in [1.54, 1.807) is 49.7 Å². The quantitative estimate of drug-likeness (QED) is 0.464. The highest BCUT2D eigenvalue weighted by molar-refractivity contribution is 6.33. The molecule has 1 aromatic carbocycles. The first-order chi connectivity index (χ1) is 14.9. The summed E-state index contributed by atoms with van der Waals surface area (Å²) in [5.74, 6) is 0.535. The number of benzene rings is 1. The van der Waals surface area contributed by atoms with E-state index in [-0.39, 0.29) is 11.7 Å². The summed E-state index contributed by atoms with van der Waals surface area (Å²) in [7, 11) is 3.28. The molecule has 7 heteroatoms. The average Bonchev–Trinajstić information content (AvgIpc) is 2.81. The second kappa shape index (κ2) is 10.2. The van der Waals surface area contributed by atoms with Crippen LogP contribution < -0.4 is 9.64 Å². The number of anilines is 1. The Morgan fingerprint density at radius 3 is 2.58 bits per heavy atom. The standard InChI is InChI=1S/C24H24ClN3O3/c1-4-23(30)28(2)18-9-10-19(20(25)14-18)21-11-7-17(15-27-21)22(29)12-8-16-6-5-13-26-24(16)31-3/h5-7,9-11,13-15H,4,8,12H2,1-3H3. The minimum absolute atomic E-state index is 0.00807. The van der Waals surface area contributed by atoms with Gasteiger partial charge in [-0.15, -0.1) is 0 Å². The fourth-order valence-electron chi connectivity index (χ4n) is 3.21. The number of rotatable bonds is 8. The van der Waals surface area contributed by atoms with Crippen molar-refractivity contribution in [3.8, 4) is 17.1 Å². The van der Waals surface area contributed by atoms with Crippen LogP contribution in [0.1, 0.15) is 35.7 Å². The molecule has 6 nitrogen and oxygen atoms in total. The summed E-state index contributed by atoms with van der Waals surface area (Å²) in [6.07, 6.45) is 4.50. The summed E-state index contributed by atoms with van der Waals surface area (Å²) in [5, 5.41) is 0.489. The van der Waals surface area contributed by atoms with E-state index in [0.717, 1.165) is 16.8 Å². The van der Waals surface area contributed by atoms with E-state index in [2.05, 4.69) is 9.97 Å². The van der Waals surface area contributed by atoms with E-state index in [1.807, 2.05) is 31.2 Å². The van der Waals surface area contributed by atoms with Crippen LogP contribution in [0.5, 0.6) is 5.88 Å². The molecule has 3 rings (SSSR count). The van der Waals surface area contributed by atoms with Crippen molar-refractivity contribution in [3.05, 3.63) is 71.0 Å². The number of pyridine rings is 2. The zero-order chi connectivity index (χ0) is 22.4. The maximum Gasteiger partial charge on any atom is 0.226 e. The van der Waals surface area contributed by atoms with Gasteiger partial charge >= 0.3 is 0 Å². The molecule has 3 aromatic rings. The molecule has 0 atom stereocenters. The molecule has 0 aliphatic rings. The number of aromatic nitrogens is 2. The van der Waals surface area contributed by atoms with Gasteiger partial charge in [0, 0.05) is 54.7 Å². The molecular weight excluding hydrogens is 414 g/mol. The lowest BCUT2D eigenvalue weighted by Gasteiger charge is -2.17. The van der Waals surface area contributed by atoms with Gasteiger partial charge in [-0.3, -0.25) is 14.6 Å². The predicted molar refractivity (Wildman–Crippen MR) is 122 cm³/mol. The normalized spacial score (nSPS) is 10.6. The number of ketones is 1. The van der Waals surface area contributed by atoms with Crippen molar-refractivity contribution in [1.29, 1.82) is 0 Å². The monoisotopic (exact) mass is 437 g/mol. The van der Waals surface area contributed by atoms with Crippen molar-refractivity contribution in [2.75, 3.05) is 19.1 Å². The third-order valence-electron chi connectivity index (χ3n) is 5.04. The maximum absolute atomic E-state index is 12.6. The summed E-state index contributed by atoms with van der Waals surface area (Å²) < 4.78 is 5.23. The van der Waals surface area contributed by atoms with Crippen LogP contribution in [0.4, 0.5) is 5.69 Å². The Morgan fingerprint density at radius 2 is 1.94 bits per heavy atom. The van der Waals surface area contributed by atoms with Crippen LogP contribution in [0.2, 0.25) is 5.02 Å². The molecule has 31 heavy (non-hydrogen) atoms. The molecule has 1 amide bonds. The minimum atomic E-state index is -0.00824. The average molecular weight is 438 g/mol. The number of amides is 1. The molecule has 0 saturated heterocycles. The van der Waals surface area contributed by atoms with Gasteiger partial charge in [-0.1, -0.05) is 24.6 Å². The van der Waals surface area contributed by atoms with E-state index >= 15 is 0 Å². The highest BCUT2D eigenvalue weighted by atomic mass is 35.5. The molecule has 0 bridgehead atoms. The number of Topliss-reactive ketones (excluding diaryl/α,β-unsaturated/α-hetero) is 1. The first-order valence-corrected chi connectivity index (χ1v) is 10.4. The van der Waals surface area contributed by atoms with E-state index in [0.29, 0.717) is 41.4 Å². The Kier molecular flexibility index (Phi) is 7.36. The second-order valence-electron chi connectivity index (χ2n) is 7.00. The van der Waals surface area contributed by atoms with Gasteiger partial charge in [-0.2, -0.15) is 0 Å². The van der Waals surface area contributed by atoms with Crippen LogP contribution in [-0.4, -0.2) is 35.8 Å². The zero-order valence-electron chi connectivity index (χ0n) is 17.8. The fourth-order valence-corrected chi connectivity index (χ4v) is 3.48. The second-order valence-corrected chi connectivity index (χ2v) is 7.40. The summed E-state index contributed by atoms with van der Waals surface area (Å²) in [6.45, 7) is 1.81. The molecule has 0 spiro atoms. The highest BCUT2D eigenvalue weighted by Gasteiger charge is 2.14. The number of carbonyl (C=O) groups excluding carboxylic acids is 2. The maximum atomic E-state index is 12.6. The molecule has 2 aromatic heterocycles. The predicted octanol–water partition coefficient (Wildman–Crippen LogP) is 4.99. The zero-order valence-corrected chi connectivity index (χ0v) is 18.5. The summed E-state index contributed by atoms with van der Waals surface area (Å²) in [4.78, 5) is 34.6. The van der Waals surface area contributed by atoms with E-state index in [4.69, 9.17) is 16.3 Å². The minimum Gasteiger partial charge on any atom is -0.481 e. The number of hydrogen-bond acceptors (Lipinski definition) is 5. The van der Waals surface area contributed by atoms with Crippen LogP contribution in [0.3, 0.4) is 0 Å². The third kappa shape index (κ3) is 5.27. The molecule has 0 unspecified atom stereocenters. The van der Waals surface area contributed by atoms with Crippen molar-refractivity contribution in [2.24, 2.45) is 0 Å². The van der Waals surface area contributed by atoms with Gasteiger partial charge in [0.25, 0.3) is 0 Å². The lowest BCUT2D eigenvalue weighted by Crippen LogP contribution is -2.24. The third-order valence-corrected chi connectivity index (χ3v) is 5.36. The van der Waals surface area contributed by atoms with Gasteiger partial charge in [0.1, 0.15) is 0 Å². The van der Waals surface area contributed by atoms with Gasteiger partial charge in [-0.05, 0) is 42.8 Å². The number of carbonyl (C=O) groups is 2. The Morgan fingerprint density at radius 1 is 1.13 bits per heavy atom. The largest absolute Gasteiger partial charge is 0.481 e. The topological polar surface area (TPSA) is 72.4 Å². The molecule has 0 radical (unpaired) electrons. The fraction of sp³-hybridized carbons (Fsp3) is 0.250. The van der Waals surface area contributed by atoms with Gasteiger partial charge in [0.05, 0.1) is 17.8 Å². The van der Waals surface area contributed by atoms with Gasteiger partial charge in [-0.25, -0.2) is 4.98 Å². The summed E-state index contributed by atoms with van der Waals surface area (Å²) in [5.41, 5.74) is 3.54. The van der Waals surface area contributed by atoms with Crippen LogP contribution >= 0.6 is 11.6 Å². The molecule has 0 aliphatic carbocycles. The SMILES string of the molecule is CCC(=O)N(C)c1ccc(-c2ccc(C(=O)CCc3cccnc3OC)cn2)c(Cl)c1. The van der Waals surface area contributed by atoms with E-state index < -0.39 is 0 Å². The Labute approximate surface area is 186 Å². The van der Waals surface area contributed by atoms with Crippen molar-refractivity contribution >= 4 is 29.0 Å². The number of halogens is 1. The van der Waals surface area contributed by atoms with Crippen molar-refractivity contribution in [2.45, 2.75) is 26.2 Å². The summed E-state index contributed by atoms with van der Waals surface area (Å²) in [6, 6.07) is 12.7. The van der Waals surface area contributed by atoms with Crippen molar-refractivity contribution in [1.82, 2.24) is 9.97 Å². The number of nitrogens with zero attached hydrogens (tertiary/aromatic N) is 3. The molecule has 0 saturated carbocycles. The molecule has 0 N–H and O–H groups in total. The number of hydrogen-bond donors (Lipinski definition) is 0. The van der Waals surface area contributed by atoms with Gasteiger partial charge in [0.2, 0.25) is 11.8 Å². The van der Waals surface area contributed by atoms with Gasteiger partial charge in [0.15, 0.2) is 5.78 Å². The molecular formula is C24H24ClN3O3. The lowest BCUT2D eigenvalue weighted by molar-refractivity contribution is -0.118.